The van der Waals surface area contributed by atoms with Crippen LogP contribution in [0.3, 0.4) is 0 Å². The summed E-state index contributed by atoms with van der Waals surface area (Å²) in [6.07, 6.45) is -0.469. The molecule has 0 aromatic heterocycles. The van der Waals surface area contributed by atoms with E-state index in [2.05, 4.69) is 0 Å². The number of ether oxygens (including phenoxy) is 1. The van der Waals surface area contributed by atoms with Gasteiger partial charge in [-0.05, 0) is 47.9 Å². The van der Waals surface area contributed by atoms with Crippen LogP contribution in [0.2, 0.25) is 0 Å². The first-order valence-electron chi connectivity index (χ1n) is 9.43. The van der Waals surface area contributed by atoms with Gasteiger partial charge in [-0.2, -0.15) is 0 Å². The molecule has 0 atom stereocenters. The van der Waals surface area contributed by atoms with Crippen LogP contribution in [0, 0.1) is 12.7 Å². The maximum atomic E-state index is 13.5. The van der Waals surface area contributed by atoms with Crippen molar-refractivity contribution >= 4 is 15.9 Å². The molecular formula is C23H20FNO4S. The van der Waals surface area contributed by atoms with Gasteiger partial charge in [0.2, 0.25) is 0 Å². The number of aryl methyl sites for hydroxylation is 1. The molecule has 0 N–H and O–H groups in total. The second-order valence-electron chi connectivity index (χ2n) is 7.32. The highest BCUT2D eigenvalue weighted by Gasteiger charge is 2.27. The van der Waals surface area contributed by atoms with Gasteiger partial charge >= 0.3 is 6.09 Å². The first-order chi connectivity index (χ1) is 14.3. The number of benzene rings is 3. The van der Waals surface area contributed by atoms with E-state index in [1.165, 1.54) is 35.2 Å². The second kappa shape index (κ2) is 7.91. The monoisotopic (exact) mass is 425 g/mol. The second-order valence-corrected chi connectivity index (χ2v) is 9.31. The molecule has 0 unspecified atom stereocenters. The van der Waals surface area contributed by atoms with Crippen LogP contribution in [0.25, 0.3) is 0 Å². The average molecular weight is 425 g/mol. The van der Waals surface area contributed by atoms with E-state index >= 15 is 0 Å². The molecule has 1 heterocycles. The normalized spacial score (nSPS) is 13.7. The molecule has 0 aliphatic carbocycles. The number of sulfone groups is 1. The van der Waals surface area contributed by atoms with Crippen molar-refractivity contribution in [2.24, 2.45) is 0 Å². The predicted molar refractivity (Wildman–Crippen MR) is 110 cm³/mol. The van der Waals surface area contributed by atoms with E-state index in [9.17, 15) is 17.6 Å². The molecular weight excluding hydrogens is 405 g/mol. The van der Waals surface area contributed by atoms with E-state index in [0.717, 1.165) is 5.56 Å². The molecule has 0 fully saturated rings. The van der Waals surface area contributed by atoms with Crippen LogP contribution in [0.5, 0.6) is 5.75 Å². The topological polar surface area (TPSA) is 63.7 Å². The lowest BCUT2D eigenvalue weighted by atomic mass is 10.1. The summed E-state index contributed by atoms with van der Waals surface area (Å²) in [5.74, 6) is -0.244. The van der Waals surface area contributed by atoms with Gasteiger partial charge in [-0.1, -0.05) is 42.5 Å². The molecule has 0 saturated heterocycles. The van der Waals surface area contributed by atoms with Crippen LogP contribution >= 0.6 is 0 Å². The molecule has 30 heavy (non-hydrogen) atoms. The van der Waals surface area contributed by atoms with Crippen LogP contribution in [-0.2, 0) is 28.7 Å². The zero-order valence-electron chi connectivity index (χ0n) is 16.3. The van der Waals surface area contributed by atoms with Gasteiger partial charge in [-0.25, -0.2) is 17.6 Å². The number of fused-ring (bicyclic) bond motifs is 1. The molecule has 1 aliphatic heterocycles. The van der Waals surface area contributed by atoms with E-state index in [0.29, 0.717) is 29.0 Å². The van der Waals surface area contributed by atoms with Crippen molar-refractivity contribution in [2.75, 3.05) is 0 Å². The Balaban J connectivity index is 1.58. The number of carbonyl (C=O) groups excluding carboxylic acids is 1. The molecule has 0 spiro atoms. The third-order valence-electron chi connectivity index (χ3n) is 5.00. The summed E-state index contributed by atoms with van der Waals surface area (Å²) in [5, 5.41) is 0. The van der Waals surface area contributed by atoms with Crippen molar-refractivity contribution in [3.8, 4) is 5.75 Å². The van der Waals surface area contributed by atoms with Crippen molar-refractivity contribution < 1.29 is 22.3 Å². The summed E-state index contributed by atoms with van der Waals surface area (Å²) in [6.45, 7) is 2.22. The summed E-state index contributed by atoms with van der Waals surface area (Å²) >= 11 is 0. The quantitative estimate of drug-likeness (QED) is 0.598. The number of hydrogen-bond acceptors (Lipinski definition) is 4. The average Bonchev–Trinajstić information content (AvgIpc) is 2.71. The van der Waals surface area contributed by atoms with Crippen molar-refractivity contribution in [3.05, 3.63) is 94.8 Å². The van der Waals surface area contributed by atoms with Gasteiger partial charge in [-0.15, -0.1) is 0 Å². The maximum Gasteiger partial charge on any atom is 0.415 e. The Kier molecular flexibility index (Phi) is 5.30. The lowest BCUT2D eigenvalue weighted by Crippen LogP contribution is -2.36. The van der Waals surface area contributed by atoms with E-state index in [1.54, 1.807) is 13.0 Å². The fourth-order valence-electron chi connectivity index (χ4n) is 3.42. The first kappa shape index (κ1) is 20.1. The third-order valence-corrected chi connectivity index (χ3v) is 6.69. The van der Waals surface area contributed by atoms with Crippen LogP contribution in [-0.4, -0.2) is 19.4 Å². The van der Waals surface area contributed by atoms with E-state index in [1.807, 2.05) is 30.3 Å². The van der Waals surface area contributed by atoms with Gasteiger partial charge in [0.15, 0.2) is 9.84 Å². The molecule has 0 bridgehead atoms. The molecule has 7 heteroatoms. The number of rotatable bonds is 5. The maximum absolute atomic E-state index is 13.5. The Bertz CT molecular complexity index is 1210. The Morgan fingerprint density at radius 2 is 1.77 bits per heavy atom. The highest BCUT2D eigenvalue weighted by atomic mass is 32.2. The summed E-state index contributed by atoms with van der Waals surface area (Å²) in [5.41, 5.74) is 2.50. The summed E-state index contributed by atoms with van der Waals surface area (Å²) in [6, 6.07) is 18.3. The SMILES string of the molecule is Cc1cc(CS(=O)(=O)c2ccc3c(c2)CN(Cc2ccccc2)C(=O)O3)ccc1F. The summed E-state index contributed by atoms with van der Waals surface area (Å²) in [4.78, 5) is 14.0. The van der Waals surface area contributed by atoms with Crippen molar-refractivity contribution in [1.82, 2.24) is 4.90 Å². The van der Waals surface area contributed by atoms with Gasteiger partial charge in [0, 0.05) is 12.1 Å². The van der Waals surface area contributed by atoms with Crippen LogP contribution in [0.1, 0.15) is 22.3 Å². The lowest BCUT2D eigenvalue weighted by Gasteiger charge is -2.28. The smallest absolute Gasteiger partial charge is 0.410 e. The molecule has 5 nitrogen and oxygen atoms in total. The van der Waals surface area contributed by atoms with E-state index in [-0.39, 0.29) is 23.0 Å². The Morgan fingerprint density at radius 1 is 1.00 bits per heavy atom. The van der Waals surface area contributed by atoms with E-state index < -0.39 is 15.9 Å². The first-order valence-corrected chi connectivity index (χ1v) is 11.1. The number of nitrogens with zero attached hydrogens (tertiary/aromatic N) is 1. The van der Waals surface area contributed by atoms with Crippen LogP contribution in [0.4, 0.5) is 9.18 Å². The molecule has 4 rings (SSSR count). The predicted octanol–water partition coefficient (Wildman–Crippen LogP) is 4.62. The van der Waals surface area contributed by atoms with Crippen LogP contribution < -0.4 is 4.74 Å². The van der Waals surface area contributed by atoms with Crippen LogP contribution in [0.15, 0.2) is 71.6 Å². The third kappa shape index (κ3) is 4.21. The number of hydrogen-bond donors (Lipinski definition) is 0. The van der Waals surface area contributed by atoms with Gasteiger partial charge in [0.25, 0.3) is 0 Å². The molecule has 154 valence electrons. The number of halogens is 1. The zero-order valence-corrected chi connectivity index (χ0v) is 17.2. The summed E-state index contributed by atoms with van der Waals surface area (Å²) < 4.78 is 44.7. The number of amides is 1. The van der Waals surface area contributed by atoms with Gasteiger partial charge < -0.3 is 4.74 Å². The standard InChI is InChI=1S/C23H20FNO4S/c1-16-11-18(7-9-21(16)24)15-30(27,28)20-8-10-22-19(12-20)14-25(23(26)29-22)13-17-5-3-2-4-6-17/h2-12H,13-15H2,1H3. The minimum absolute atomic E-state index is 0.140. The van der Waals surface area contributed by atoms with Crippen molar-refractivity contribution in [2.45, 2.75) is 30.7 Å². The van der Waals surface area contributed by atoms with Crippen molar-refractivity contribution in [1.29, 1.82) is 0 Å². The molecule has 0 saturated carbocycles. The fourth-order valence-corrected chi connectivity index (χ4v) is 4.81. The highest BCUT2D eigenvalue weighted by Crippen LogP contribution is 2.30. The Hall–Kier alpha value is -3.19. The zero-order chi connectivity index (χ0) is 21.3. The summed E-state index contributed by atoms with van der Waals surface area (Å²) in [7, 11) is -3.65. The molecule has 1 aliphatic rings. The molecule has 3 aromatic rings. The molecule has 3 aromatic carbocycles. The Labute approximate surface area is 174 Å². The van der Waals surface area contributed by atoms with E-state index in [4.69, 9.17) is 4.74 Å². The molecule has 0 radical (unpaired) electrons. The highest BCUT2D eigenvalue weighted by molar-refractivity contribution is 7.90. The van der Waals surface area contributed by atoms with Gasteiger partial charge in [0.05, 0.1) is 17.2 Å². The largest absolute Gasteiger partial charge is 0.415 e. The van der Waals surface area contributed by atoms with Gasteiger partial charge in [0.1, 0.15) is 11.6 Å². The van der Waals surface area contributed by atoms with Crippen molar-refractivity contribution in [3.63, 3.8) is 0 Å². The minimum atomic E-state index is -3.65. The minimum Gasteiger partial charge on any atom is -0.410 e. The number of carbonyl (C=O) groups is 1. The fraction of sp³-hybridized carbons (Fsp3) is 0.174. The molecule has 1 amide bonds. The van der Waals surface area contributed by atoms with Gasteiger partial charge in [-0.3, -0.25) is 4.90 Å². The lowest BCUT2D eigenvalue weighted by molar-refractivity contribution is 0.135. The Morgan fingerprint density at radius 3 is 2.50 bits per heavy atom.